The van der Waals surface area contributed by atoms with E-state index in [0.717, 1.165) is 30.6 Å². The summed E-state index contributed by atoms with van der Waals surface area (Å²) in [7, 11) is 0. The van der Waals surface area contributed by atoms with Gasteiger partial charge in [-0.1, -0.05) is 151 Å². The zero-order valence-corrected chi connectivity index (χ0v) is 29.5. The molecule has 11 rings (SSSR count). The van der Waals surface area contributed by atoms with Gasteiger partial charge in [-0.3, -0.25) is 0 Å². The third kappa shape index (κ3) is 4.90. The van der Waals surface area contributed by atoms with E-state index in [9.17, 15) is 0 Å². The van der Waals surface area contributed by atoms with Crippen LogP contribution in [0.4, 0.5) is 0 Å². The third-order valence-corrected chi connectivity index (χ3v) is 13.0. The lowest BCUT2D eigenvalue weighted by Gasteiger charge is -2.41. The molecule has 1 heteroatoms. The summed E-state index contributed by atoms with van der Waals surface area (Å²) in [6.45, 7) is 0. The lowest BCUT2D eigenvalue weighted by atomic mass is 9.63. The lowest BCUT2D eigenvalue weighted by molar-refractivity contribution is 0.306. The topological polar surface area (TPSA) is 13.1 Å². The van der Waals surface area contributed by atoms with Gasteiger partial charge in [0.2, 0.25) is 0 Å². The first-order valence-corrected chi connectivity index (χ1v) is 19.4. The number of rotatable bonds is 4. The van der Waals surface area contributed by atoms with Gasteiger partial charge >= 0.3 is 0 Å². The van der Waals surface area contributed by atoms with Crippen LogP contribution in [0.25, 0.3) is 45.4 Å². The van der Waals surface area contributed by atoms with E-state index < -0.39 is 0 Å². The molecule has 1 saturated carbocycles. The fourth-order valence-corrected chi connectivity index (χ4v) is 10.5. The van der Waals surface area contributed by atoms with Gasteiger partial charge in [-0.15, -0.1) is 0 Å². The molecule has 5 unspecified atom stereocenters. The van der Waals surface area contributed by atoms with Crippen LogP contribution in [-0.4, -0.2) is 0 Å². The summed E-state index contributed by atoms with van der Waals surface area (Å²) in [6, 6.07) is 41.2. The predicted octanol–water partition coefficient (Wildman–Crippen LogP) is 13.2. The summed E-state index contributed by atoms with van der Waals surface area (Å²) in [4.78, 5) is 0. The van der Waals surface area contributed by atoms with Gasteiger partial charge in [-0.2, -0.15) is 0 Å². The Morgan fingerprint density at radius 3 is 2.23 bits per heavy atom. The molecule has 1 heterocycles. The summed E-state index contributed by atoms with van der Waals surface area (Å²) in [5, 5.41) is 1.25. The van der Waals surface area contributed by atoms with Crippen LogP contribution in [0.15, 0.2) is 150 Å². The summed E-state index contributed by atoms with van der Waals surface area (Å²) < 4.78 is 6.97. The average Bonchev–Trinajstić information content (AvgIpc) is 3.79. The Kier molecular flexibility index (Phi) is 7.04. The SMILES string of the molecule is C1=CC2C(C3CC(c4ccc5c(c4)C=CCC5)CC(c4ccc5c(c4)Cc4ccccc4-5)C3)=Cc3oc4c(-c5ccccc5)cccc4c3C2C=C1. The molecule has 52 heavy (non-hydrogen) atoms. The van der Waals surface area contributed by atoms with Gasteiger partial charge < -0.3 is 4.42 Å². The smallest absolute Gasteiger partial charge is 0.142 e. The van der Waals surface area contributed by atoms with Crippen LogP contribution < -0.4 is 0 Å². The monoisotopic (exact) mass is 670 g/mol. The number of fused-ring (bicyclic) bond motifs is 9. The van der Waals surface area contributed by atoms with Crippen LogP contribution in [-0.2, 0) is 12.8 Å². The van der Waals surface area contributed by atoms with Crippen molar-refractivity contribution in [3.63, 3.8) is 0 Å². The zero-order chi connectivity index (χ0) is 34.2. The van der Waals surface area contributed by atoms with Gasteiger partial charge in [0.1, 0.15) is 11.3 Å². The van der Waals surface area contributed by atoms with E-state index in [1.54, 1.807) is 5.57 Å². The van der Waals surface area contributed by atoms with Gasteiger partial charge in [0.05, 0.1) is 0 Å². The van der Waals surface area contributed by atoms with Crippen LogP contribution >= 0.6 is 0 Å². The Morgan fingerprint density at radius 1 is 0.577 bits per heavy atom. The molecular weight excluding hydrogens is 629 g/mol. The molecule has 6 aromatic rings. The van der Waals surface area contributed by atoms with E-state index >= 15 is 0 Å². The first-order valence-electron chi connectivity index (χ1n) is 19.4. The summed E-state index contributed by atoms with van der Waals surface area (Å²) in [5.41, 5.74) is 18.0. The van der Waals surface area contributed by atoms with Crippen molar-refractivity contribution in [2.75, 3.05) is 0 Å². The number of aryl methyl sites for hydroxylation is 1. The number of para-hydroxylation sites is 1. The maximum atomic E-state index is 6.97. The Bertz CT molecular complexity index is 2500. The van der Waals surface area contributed by atoms with Crippen LogP contribution in [0.5, 0.6) is 0 Å². The summed E-state index contributed by atoms with van der Waals surface area (Å²) in [5.74, 6) is 3.12. The number of furan rings is 1. The van der Waals surface area contributed by atoms with E-state index in [-0.39, 0.29) is 5.92 Å². The first-order chi connectivity index (χ1) is 25.7. The average molecular weight is 671 g/mol. The predicted molar refractivity (Wildman–Crippen MR) is 215 cm³/mol. The van der Waals surface area contributed by atoms with Crippen LogP contribution in [0, 0.1) is 11.8 Å². The third-order valence-electron chi connectivity index (χ3n) is 13.0. The number of benzene rings is 5. The highest BCUT2D eigenvalue weighted by atomic mass is 16.3. The minimum atomic E-state index is 0.276. The van der Waals surface area contributed by atoms with E-state index in [1.165, 1.54) is 85.8 Å². The normalized spacial score (nSPS) is 23.8. The van der Waals surface area contributed by atoms with Crippen molar-refractivity contribution >= 4 is 23.1 Å². The van der Waals surface area contributed by atoms with E-state index in [1.807, 2.05) is 0 Å². The maximum absolute atomic E-state index is 6.97. The molecule has 1 fully saturated rings. The molecule has 5 aliphatic carbocycles. The highest BCUT2D eigenvalue weighted by Gasteiger charge is 2.41. The number of hydrogen-bond acceptors (Lipinski definition) is 1. The van der Waals surface area contributed by atoms with Crippen LogP contribution in [0.3, 0.4) is 0 Å². The van der Waals surface area contributed by atoms with Crippen molar-refractivity contribution in [3.8, 4) is 22.3 Å². The maximum Gasteiger partial charge on any atom is 0.142 e. The van der Waals surface area contributed by atoms with E-state index in [0.29, 0.717) is 23.7 Å². The quantitative estimate of drug-likeness (QED) is 0.182. The molecule has 1 aromatic heterocycles. The van der Waals surface area contributed by atoms with Crippen molar-refractivity contribution < 1.29 is 4.42 Å². The van der Waals surface area contributed by atoms with Crippen molar-refractivity contribution in [1.82, 2.24) is 0 Å². The van der Waals surface area contributed by atoms with Crippen molar-refractivity contribution in [3.05, 3.63) is 190 Å². The van der Waals surface area contributed by atoms with Crippen molar-refractivity contribution in [2.24, 2.45) is 11.8 Å². The van der Waals surface area contributed by atoms with Gasteiger partial charge in [0.15, 0.2) is 0 Å². The second kappa shape index (κ2) is 12.1. The molecule has 5 aromatic carbocycles. The minimum absolute atomic E-state index is 0.276. The van der Waals surface area contributed by atoms with E-state index in [4.69, 9.17) is 4.42 Å². The van der Waals surface area contributed by atoms with Gasteiger partial charge in [-0.25, -0.2) is 0 Å². The molecule has 0 radical (unpaired) electrons. The van der Waals surface area contributed by atoms with Crippen molar-refractivity contribution in [2.45, 2.75) is 56.3 Å². The molecule has 0 N–H and O–H groups in total. The number of allylic oxidation sites excluding steroid dienone is 6. The molecule has 0 spiro atoms. The van der Waals surface area contributed by atoms with Crippen molar-refractivity contribution in [1.29, 1.82) is 0 Å². The minimum Gasteiger partial charge on any atom is -0.456 e. The molecule has 5 aliphatic rings. The molecule has 0 amide bonds. The highest BCUT2D eigenvalue weighted by Crippen LogP contribution is 2.55. The Labute approximate surface area is 306 Å². The zero-order valence-electron chi connectivity index (χ0n) is 29.5. The van der Waals surface area contributed by atoms with Gasteiger partial charge in [0, 0.05) is 28.3 Å². The molecule has 0 aliphatic heterocycles. The van der Waals surface area contributed by atoms with E-state index in [2.05, 4.69) is 152 Å². The fraction of sp³-hybridized carbons (Fsp3) is 0.216. The summed E-state index contributed by atoms with van der Waals surface area (Å²) >= 11 is 0. The van der Waals surface area contributed by atoms with Gasteiger partial charge in [-0.05, 0) is 112 Å². The molecule has 0 saturated heterocycles. The molecule has 252 valence electrons. The van der Waals surface area contributed by atoms with Crippen LogP contribution in [0.1, 0.15) is 88.1 Å². The largest absolute Gasteiger partial charge is 0.456 e. The molecule has 5 atom stereocenters. The second-order valence-electron chi connectivity index (χ2n) is 15.8. The highest BCUT2D eigenvalue weighted by molar-refractivity contribution is 5.97. The molecule has 0 bridgehead atoms. The van der Waals surface area contributed by atoms with Gasteiger partial charge in [0.25, 0.3) is 0 Å². The fourth-order valence-electron chi connectivity index (χ4n) is 10.5. The lowest BCUT2D eigenvalue weighted by Crippen LogP contribution is -2.28. The second-order valence-corrected chi connectivity index (χ2v) is 15.8. The Balaban J connectivity index is 1.02. The Hall–Kier alpha value is -5.40. The molecular formula is C51H42O. The Morgan fingerprint density at radius 2 is 1.33 bits per heavy atom. The summed E-state index contributed by atoms with van der Waals surface area (Å²) in [6.07, 6.45) is 23.5. The molecule has 1 nitrogen and oxygen atoms in total. The first kappa shape index (κ1) is 30.2. The standard InChI is InChI=1S/C51H42O/c1-2-12-33(13-3-1)44-19-10-20-47-50-46-18-9-8-17-45(46)48(31-49(50)52-51(44)47)41-29-38(35-22-21-32-11-4-5-14-34(32)25-35)28-39(30-41)36-23-24-43-40(26-36)27-37-15-6-7-16-42(37)43/h1-3,5-10,12-26,31,38-39,41,45-46H,4,11,27-30H2. The van der Waals surface area contributed by atoms with Crippen LogP contribution in [0.2, 0.25) is 0 Å². The number of hydrogen-bond donors (Lipinski definition) is 0.